The third-order valence-corrected chi connectivity index (χ3v) is 2.79. The van der Waals surface area contributed by atoms with E-state index >= 15 is 0 Å². The van der Waals surface area contributed by atoms with Crippen molar-refractivity contribution in [2.24, 2.45) is 11.7 Å². The van der Waals surface area contributed by atoms with E-state index < -0.39 is 32.0 Å². The first kappa shape index (κ1) is 18.3. The summed E-state index contributed by atoms with van der Waals surface area (Å²) in [5, 5.41) is 18.6. The fraction of sp³-hybridized carbons (Fsp3) is 1.00. The van der Waals surface area contributed by atoms with Crippen molar-refractivity contribution >= 4 is 7.82 Å². The van der Waals surface area contributed by atoms with E-state index in [-0.39, 0.29) is 25.3 Å². The zero-order valence-corrected chi connectivity index (χ0v) is 9.66. The molecule has 4 atom stereocenters. The van der Waals surface area contributed by atoms with Gasteiger partial charge in [0.15, 0.2) is 0 Å². The molecule has 1 aliphatic carbocycles. The maximum absolute atomic E-state index is 10.4. The van der Waals surface area contributed by atoms with Crippen molar-refractivity contribution in [2.75, 3.05) is 6.61 Å². The number of phosphoric ester groups is 1. The van der Waals surface area contributed by atoms with Crippen LogP contribution < -0.4 is 18.0 Å². The second-order valence-electron chi connectivity index (χ2n) is 3.43. The van der Waals surface area contributed by atoms with Crippen molar-refractivity contribution in [3.05, 3.63) is 0 Å². The lowest BCUT2D eigenvalue weighted by Crippen LogP contribution is -2.36. The van der Waals surface area contributed by atoms with Gasteiger partial charge in [-0.15, -0.1) is 0 Å². The Morgan fingerprint density at radius 3 is 2.06 bits per heavy atom. The maximum atomic E-state index is 10.4. The lowest BCUT2D eigenvalue weighted by atomic mass is 10.1. The molecular formula is C6H20N3O6P. The average Bonchev–Trinajstić information content (AvgIpc) is 2.28. The van der Waals surface area contributed by atoms with Crippen LogP contribution in [0.1, 0.15) is 6.42 Å². The summed E-state index contributed by atoms with van der Waals surface area (Å²) in [6.45, 7) is -0.309. The molecule has 1 saturated carbocycles. The van der Waals surface area contributed by atoms with Crippen LogP contribution >= 0.6 is 7.82 Å². The van der Waals surface area contributed by atoms with Crippen LogP contribution in [0.2, 0.25) is 0 Å². The van der Waals surface area contributed by atoms with Gasteiger partial charge < -0.3 is 38.0 Å². The van der Waals surface area contributed by atoms with E-state index in [2.05, 4.69) is 4.52 Å². The molecule has 0 aromatic rings. The fourth-order valence-electron chi connectivity index (χ4n) is 1.52. The van der Waals surface area contributed by atoms with Crippen LogP contribution in [0.3, 0.4) is 0 Å². The van der Waals surface area contributed by atoms with Crippen LogP contribution in [0.15, 0.2) is 0 Å². The van der Waals surface area contributed by atoms with Crippen LogP contribution in [-0.4, -0.2) is 44.9 Å². The molecule has 1 fully saturated rings. The highest BCUT2D eigenvalue weighted by atomic mass is 31.2. The summed E-state index contributed by atoms with van der Waals surface area (Å²) < 4.78 is 14.6. The number of rotatable bonds is 3. The molecule has 10 heteroatoms. The first-order chi connectivity index (χ1) is 6.31. The predicted molar refractivity (Wildman–Crippen MR) is 56.1 cm³/mol. The second-order valence-corrected chi connectivity index (χ2v) is 4.67. The van der Waals surface area contributed by atoms with Gasteiger partial charge in [-0.3, -0.25) is 4.52 Å². The zero-order chi connectivity index (χ0) is 10.9. The fourth-order valence-corrected chi connectivity index (χ4v) is 1.91. The Balaban J connectivity index is 0. The SMILES string of the molecule is N.N.NC1CC(COP(=O)(O)O)C(O)C1O. The van der Waals surface area contributed by atoms with Crippen molar-refractivity contribution < 1.29 is 29.1 Å². The van der Waals surface area contributed by atoms with E-state index in [1.807, 2.05) is 0 Å². The predicted octanol–water partition coefficient (Wildman–Crippen LogP) is -1.51. The van der Waals surface area contributed by atoms with Gasteiger partial charge in [0.05, 0.1) is 18.8 Å². The Kier molecular flexibility index (Phi) is 7.54. The van der Waals surface area contributed by atoms with E-state index in [4.69, 9.17) is 15.5 Å². The number of aliphatic hydroxyl groups excluding tert-OH is 2. The molecule has 1 rings (SSSR count). The molecule has 0 saturated heterocycles. The maximum Gasteiger partial charge on any atom is 0.469 e. The zero-order valence-electron chi connectivity index (χ0n) is 8.77. The topological polar surface area (TPSA) is 203 Å². The second kappa shape index (κ2) is 6.60. The van der Waals surface area contributed by atoms with Crippen LogP contribution in [0.5, 0.6) is 0 Å². The summed E-state index contributed by atoms with van der Waals surface area (Å²) in [5.41, 5.74) is 5.44. The molecule has 12 N–H and O–H groups in total. The monoisotopic (exact) mass is 261 g/mol. The highest BCUT2D eigenvalue weighted by Crippen LogP contribution is 2.38. The van der Waals surface area contributed by atoms with Crippen LogP contribution in [0, 0.1) is 5.92 Å². The minimum absolute atomic E-state index is 0. The van der Waals surface area contributed by atoms with Gasteiger partial charge in [-0.05, 0) is 6.42 Å². The van der Waals surface area contributed by atoms with Crippen molar-refractivity contribution in [2.45, 2.75) is 24.7 Å². The minimum Gasteiger partial charge on any atom is -0.390 e. The van der Waals surface area contributed by atoms with E-state index in [1.165, 1.54) is 0 Å². The summed E-state index contributed by atoms with van der Waals surface area (Å²) in [6, 6.07) is -0.574. The largest absolute Gasteiger partial charge is 0.469 e. The molecular weight excluding hydrogens is 241 g/mol. The molecule has 0 aliphatic heterocycles. The van der Waals surface area contributed by atoms with Crippen LogP contribution in [-0.2, 0) is 9.09 Å². The summed E-state index contributed by atoms with van der Waals surface area (Å²) >= 11 is 0. The third-order valence-electron chi connectivity index (χ3n) is 2.30. The van der Waals surface area contributed by atoms with Gasteiger partial charge in [-0.25, -0.2) is 4.57 Å². The molecule has 4 unspecified atom stereocenters. The summed E-state index contributed by atoms with van der Waals surface area (Å²) in [5.74, 6) is -0.535. The van der Waals surface area contributed by atoms with Gasteiger partial charge in [-0.2, -0.15) is 0 Å². The van der Waals surface area contributed by atoms with Crippen LogP contribution in [0.25, 0.3) is 0 Å². The third kappa shape index (κ3) is 4.83. The molecule has 0 radical (unpaired) electrons. The normalized spacial score (nSPS) is 34.1. The Morgan fingerprint density at radius 1 is 1.25 bits per heavy atom. The van der Waals surface area contributed by atoms with Gasteiger partial charge >= 0.3 is 7.82 Å². The molecule has 0 bridgehead atoms. The number of hydrogen-bond acceptors (Lipinski definition) is 7. The Hall–Kier alpha value is -0.0900. The quantitative estimate of drug-likeness (QED) is 0.294. The molecule has 0 amide bonds. The summed E-state index contributed by atoms with van der Waals surface area (Å²) in [6.07, 6.45) is -1.86. The summed E-state index contributed by atoms with van der Waals surface area (Å²) in [7, 11) is -4.52. The summed E-state index contributed by atoms with van der Waals surface area (Å²) in [4.78, 5) is 16.8. The number of nitrogens with two attached hydrogens (primary N) is 1. The first-order valence-electron chi connectivity index (χ1n) is 4.13. The van der Waals surface area contributed by atoms with Gasteiger partial charge in [-0.1, -0.05) is 0 Å². The molecule has 0 aromatic carbocycles. The molecule has 0 aromatic heterocycles. The molecule has 0 heterocycles. The van der Waals surface area contributed by atoms with Crippen LogP contribution in [0.4, 0.5) is 0 Å². The number of phosphoric acid groups is 1. The standard InChI is InChI=1S/C6H14NO6P.2H3N/c7-4-1-3(5(8)6(4)9)2-13-14(10,11)12;;/h3-6,8-9H,1-2,7H2,(H2,10,11,12);2*1H3. The van der Waals surface area contributed by atoms with E-state index in [1.54, 1.807) is 0 Å². The molecule has 0 spiro atoms. The van der Waals surface area contributed by atoms with Gasteiger partial charge in [0.25, 0.3) is 0 Å². The first-order valence-corrected chi connectivity index (χ1v) is 5.66. The molecule has 1 aliphatic rings. The van der Waals surface area contributed by atoms with Gasteiger partial charge in [0.2, 0.25) is 0 Å². The Morgan fingerprint density at radius 2 is 1.75 bits per heavy atom. The lowest BCUT2D eigenvalue weighted by Gasteiger charge is -2.16. The van der Waals surface area contributed by atoms with E-state index in [9.17, 15) is 14.8 Å². The van der Waals surface area contributed by atoms with E-state index in [0.717, 1.165) is 0 Å². The van der Waals surface area contributed by atoms with Gasteiger partial charge in [0, 0.05) is 12.0 Å². The highest BCUT2D eigenvalue weighted by molar-refractivity contribution is 7.46. The Bertz CT molecular complexity index is 248. The highest BCUT2D eigenvalue weighted by Gasteiger charge is 2.40. The molecule has 9 nitrogen and oxygen atoms in total. The van der Waals surface area contributed by atoms with Crippen molar-refractivity contribution in [1.82, 2.24) is 12.3 Å². The minimum atomic E-state index is -4.52. The molecule has 16 heavy (non-hydrogen) atoms. The van der Waals surface area contributed by atoms with Gasteiger partial charge in [0.1, 0.15) is 0 Å². The number of hydrogen-bond donors (Lipinski definition) is 7. The lowest BCUT2D eigenvalue weighted by molar-refractivity contribution is 0.00285. The van der Waals surface area contributed by atoms with Crippen molar-refractivity contribution in [3.8, 4) is 0 Å². The molecule has 100 valence electrons. The Labute approximate surface area is 93.0 Å². The van der Waals surface area contributed by atoms with E-state index in [0.29, 0.717) is 0 Å². The average molecular weight is 261 g/mol. The van der Waals surface area contributed by atoms with Crippen molar-refractivity contribution in [3.63, 3.8) is 0 Å². The number of aliphatic hydroxyl groups is 2. The van der Waals surface area contributed by atoms with Crippen molar-refractivity contribution in [1.29, 1.82) is 0 Å². The smallest absolute Gasteiger partial charge is 0.390 e.